The summed E-state index contributed by atoms with van der Waals surface area (Å²) in [5, 5.41) is 8.63. The van der Waals surface area contributed by atoms with E-state index in [1.807, 2.05) is 24.3 Å². The largest absolute Gasteiger partial charge is 0.318 e. The molecule has 1 aromatic heterocycles. The van der Waals surface area contributed by atoms with Gasteiger partial charge in [-0.2, -0.15) is 5.10 Å². The molecule has 100 valence electrons. The minimum atomic E-state index is -0.112. The average Bonchev–Trinajstić information content (AvgIpc) is 2.48. The molecule has 1 aromatic carbocycles. The van der Waals surface area contributed by atoms with Crippen molar-refractivity contribution in [2.24, 2.45) is 5.73 Å². The molecule has 0 aliphatic carbocycles. The van der Waals surface area contributed by atoms with E-state index in [-0.39, 0.29) is 5.56 Å². The highest BCUT2D eigenvalue weighted by Crippen LogP contribution is 2.29. The van der Waals surface area contributed by atoms with Crippen molar-refractivity contribution in [2.75, 3.05) is 19.8 Å². The first-order valence-electron chi connectivity index (χ1n) is 6.69. The monoisotopic (exact) mass is 258 g/mol. The predicted molar refractivity (Wildman–Crippen MR) is 75.0 cm³/mol. The van der Waals surface area contributed by atoms with Crippen molar-refractivity contribution in [1.29, 1.82) is 0 Å². The number of aromatic nitrogens is 2. The summed E-state index contributed by atoms with van der Waals surface area (Å²) in [7, 11) is 0. The fourth-order valence-corrected chi connectivity index (χ4v) is 2.84. The van der Waals surface area contributed by atoms with Gasteiger partial charge in [-0.05, 0) is 32.0 Å². The van der Waals surface area contributed by atoms with Gasteiger partial charge in [0.25, 0.3) is 5.56 Å². The van der Waals surface area contributed by atoms with E-state index >= 15 is 0 Å². The molecular weight excluding hydrogens is 240 g/mol. The lowest BCUT2D eigenvalue weighted by molar-refractivity contribution is 0.216. The SMILES string of the molecule is NCN1CCC(c2n[nH]c(=O)c3ccccc23)CC1. The standard InChI is InChI=1S/C14H18N4O/c15-9-18-7-5-10(6-8-18)13-11-3-1-2-4-12(11)14(19)17-16-13/h1-4,10H,5-9,15H2,(H,17,19). The first-order valence-corrected chi connectivity index (χ1v) is 6.69. The number of aromatic amines is 1. The molecule has 0 atom stereocenters. The van der Waals surface area contributed by atoms with Gasteiger partial charge >= 0.3 is 0 Å². The molecule has 3 rings (SSSR count). The summed E-state index contributed by atoms with van der Waals surface area (Å²) >= 11 is 0. The molecule has 5 nitrogen and oxygen atoms in total. The fraction of sp³-hybridized carbons (Fsp3) is 0.429. The number of nitrogens with two attached hydrogens (primary N) is 1. The third-order valence-electron chi connectivity index (χ3n) is 3.96. The lowest BCUT2D eigenvalue weighted by Gasteiger charge is -2.30. The van der Waals surface area contributed by atoms with Gasteiger partial charge in [-0.15, -0.1) is 0 Å². The van der Waals surface area contributed by atoms with Crippen LogP contribution in [-0.4, -0.2) is 34.9 Å². The van der Waals surface area contributed by atoms with Crippen LogP contribution in [0.25, 0.3) is 10.8 Å². The first-order chi connectivity index (χ1) is 9.29. The van der Waals surface area contributed by atoms with E-state index in [0.717, 1.165) is 42.4 Å². The highest BCUT2D eigenvalue weighted by Gasteiger charge is 2.23. The minimum absolute atomic E-state index is 0.112. The van der Waals surface area contributed by atoms with Gasteiger partial charge in [0.15, 0.2) is 0 Å². The number of hydrogen-bond donors (Lipinski definition) is 2. The molecule has 2 aromatic rings. The lowest BCUT2D eigenvalue weighted by Crippen LogP contribution is -2.37. The van der Waals surface area contributed by atoms with Gasteiger partial charge in [-0.25, -0.2) is 5.10 Å². The van der Waals surface area contributed by atoms with Gasteiger partial charge in [-0.1, -0.05) is 18.2 Å². The van der Waals surface area contributed by atoms with Crippen LogP contribution in [-0.2, 0) is 0 Å². The number of piperidine rings is 1. The van der Waals surface area contributed by atoms with Crippen molar-refractivity contribution >= 4 is 10.8 Å². The van der Waals surface area contributed by atoms with Gasteiger partial charge in [0.05, 0.1) is 11.1 Å². The van der Waals surface area contributed by atoms with Gasteiger partial charge in [-0.3, -0.25) is 9.69 Å². The zero-order valence-electron chi connectivity index (χ0n) is 10.8. The molecule has 0 bridgehead atoms. The van der Waals surface area contributed by atoms with Crippen molar-refractivity contribution in [2.45, 2.75) is 18.8 Å². The molecule has 19 heavy (non-hydrogen) atoms. The summed E-state index contributed by atoms with van der Waals surface area (Å²) in [6, 6.07) is 7.69. The topological polar surface area (TPSA) is 75.0 Å². The Hall–Kier alpha value is -1.72. The quantitative estimate of drug-likeness (QED) is 0.843. The minimum Gasteiger partial charge on any atom is -0.318 e. The Kier molecular flexibility index (Phi) is 3.31. The number of hydrogen-bond acceptors (Lipinski definition) is 4. The Morgan fingerprint density at radius 3 is 2.63 bits per heavy atom. The molecule has 1 aliphatic heterocycles. The van der Waals surface area contributed by atoms with Crippen molar-refractivity contribution in [3.05, 3.63) is 40.3 Å². The van der Waals surface area contributed by atoms with Crippen molar-refractivity contribution in [3.63, 3.8) is 0 Å². The summed E-state index contributed by atoms with van der Waals surface area (Å²) in [5.41, 5.74) is 6.57. The Bertz CT molecular complexity index is 629. The van der Waals surface area contributed by atoms with E-state index < -0.39 is 0 Å². The molecule has 1 aliphatic rings. The zero-order chi connectivity index (χ0) is 13.2. The molecule has 0 amide bonds. The summed E-state index contributed by atoms with van der Waals surface area (Å²) in [5.74, 6) is 0.407. The van der Waals surface area contributed by atoms with Crippen LogP contribution in [0.5, 0.6) is 0 Å². The maximum atomic E-state index is 11.8. The highest BCUT2D eigenvalue weighted by atomic mass is 16.1. The maximum absolute atomic E-state index is 11.8. The van der Waals surface area contributed by atoms with Crippen LogP contribution in [0.3, 0.4) is 0 Å². The van der Waals surface area contributed by atoms with E-state index in [1.54, 1.807) is 0 Å². The molecule has 5 heteroatoms. The molecule has 1 saturated heterocycles. The molecule has 3 N–H and O–H groups in total. The van der Waals surface area contributed by atoms with E-state index in [9.17, 15) is 4.79 Å². The number of rotatable bonds is 2. The summed E-state index contributed by atoms with van der Waals surface area (Å²) in [6.07, 6.45) is 2.08. The summed E-state index contributed by atoms with van der Waals surface area (Å²) < 4.78 is 0. The Morgan fingerprint density at radius 2 is 1.95 bits per heavy atom. The van der Waals surface area contributed by atoms with E-state index in [4.69, 9.17) is 5.73 Å². The lowest BCUT2D eigenvalue weighted by atomic mass is 9.91. The number of fused-ring (bicyclic) bond motifs is 1. The number of nitrogens with one attached hydrogen (secondary N) is 1. The summed E-state index contributed by atoms with van der Waals surface area (Å²) in [6.45, 7) is 2.61. The zero-order valence-corrected chi connectivity index (χ0v) is 10.8. The molecule has 0 radical (unpaired) electrons. The van der Waals surface area contributed by atoms with Gasteiger partial charge in [0, 0.05) is 18.0 Å². The summed E-state index contributed by atoms with van der Waals surface area (Å²) in [4.78, 5) is 14.0. The molecule has 0 unspecified atom stereocenters. The molecule has 0 spiro atoms. The fourth-order valence-electron chi connectivity index (χ4n) is 2.84. The van der Waals surface area contributed by atoms with Crippen LogP contribution < -0.4 is 11.3 Å². The molecule has 1 fully saturated rings. The number of nitrogens with zero attached hydrogens (tertiary/aromatic N) is 2. The molecule has 2 heterocycles. The molecular formula is C14H18N4O. The van der Waals surface area contributed by atoms with Crippen LogP contribution in [0, 0.1) is 0 Å². The van der Waals surface area contributed by atoms with Crippen molar-refractivity contribution in [1.82, 2.24) is 15.1 Å². The van der Waals surface area contributed by atoms with Crippen LogP contribution in [0.2, 0.25) is 0 Å². The van der Waals surface area contributed by atoms with Crippen LogP contribution in [0.4, 0.5) is 0 Å². The smallest absolute Gasteiger partial charge is 0.272 e. The average molecular weight is 258 g/mol. The maximum Gasteiger partial charge on any atom is 0.272 e. The van der Waals surface area contributed by atoms with Gasteiger partial charge in [0.1, 0.15) is 0 Å². The highest BCUT2D eigenvalue weighted by molar-refractivity contribution is 5.83. The van der Waals surface area contributed by atoms with Crippen molar-refractivity contribution < 1.29 is 0 Å². The van der Waals surface area contributed by atoms with Crippen LogP contribution in [0.1, 0.15) is 24.5 Å². The van der Waals surface area contributed by atoms with Gasteiger partial charge < -0.3 is 5.73 Å². The van der Waals surface area contributed by atoms with Crippen LogP contribution in [0.15, 0.2) is 29.1 Å². The van der Waals surface area contributed by atoms with Crippen LogP contribution >= 0.6 is 0 Å². The Balaban J connectivity index is 1.98. The Morgan fingerprint density at radius 1 is 1.26 bits per heavy atom. The number of benzene rings is 1. The normalized spacial score (nSPS) is 17.9. The third kappa shape index (κ3) is 2.27. The van der Waals surface area contributed by atoms with E-state index in [0.29, 0.717) is 12.6 Å². The Labute approximate surface area is 111 Å². The molecule has 0 saturated carbocycles. The number of likely N-dealkylation sites (tertiary alicyclic amines) is 1. The van der Waals surface area contributed by atoms with E-state index in [1.165, 1.54) is 0 Å². The third-order valence-corrected chi connectivity index (χ3v) is 3.96. The second-order valence-corrected chi connectivity index (χ2v) is 5.06. The second kappa shape index (κ2) is 5.11. The first kappa shape index (κ1) is 12.3. The number of H-pyrrole nitrogens is 1. The second-order valence-electron chi connectivity index (χ2n) is 5.06. The predicted octanol–water partition coefficient (Wildman–Crippen LogP) is 1.02. The van der Waals surface area contributed by atoms with E-state index in [2.05, 4.69) is 15.1 Å². The van der Waals surface area contributed by atoms with Gasteiger partial charge in [0.2, 0.25) is 0 Å². The van der Waals surface area contributed by atoms with Crippen molar-refractivity contribution in [3.8, 4) is 0 Å².